The van der Waals surface area contributed by atoms with Crippen LogP contribution in [0.25, 0.3) is 0 Å². The second-order valence-electron chi connectivity index (χ2n) is 2.52. The fraction of sp³-hybridized carbons (Fsp3) is 0.375. The molecule has 1 N–H and O–H groups in total. The van der Waals surface area contributed by atoms with E-state index >= 15 is 0 Å². The van der Waals surface area contributed by atoms with Crippen molar-refractivity contribution in [2.75, 3.05) is 12.3 Å². The fourth-order valence-electron chi connectivity index (χ4n) is 1.01. The van der Waals surface area contributed by atoms with E-state index in [1.54, 1.807) is 24.3 Å². The second kappa shape index (κ2) is 3.67. The predicted octanol–water partition coefficient (Wildman–Crippen LogP) is 1.47. The van der Waals surface area contributed by atoms with Crippen molar-refractivity contribution in [2.45, 2.75) is 6.54 Å². The van der Waals surface area contributed by atoms with Crippen LogP contribution < -0.4 is 5.32 Å². The lowest BCUT2D eigenvalue weighted by molar-refractivity contribution is 0.563. The van der Waals surface area contributed by atoms with Gasteiger partial charge in [0.25, 0.3) is 0 Å². The maximum absolute atomic E-state index is 4.94. The third-order valence-electron chi connectivity index (χ3n) is 1.61. The molecular weight excluding hydrogens is 172 g/mol. The Kier molecular flexibility index (Phi) is 2.36. The zero-order valence-electron chi connectivity index (χ0n) is 6.62. The summed E-state index contributed by atoms with van der Waals surface area (Å²) in [6.45, 7) is 1.75. The molecule has 2 rings (SSSR count). The highest BCUT2D eigenvalue weighted by Gasteiger charge is 2.05. The molecule has 1 aromatic heterocycles. The topological polar surface area (TPSA) is 37.5 Å². The summed E-state index contributed by atoms with van der Waals surface area (Å²) >= 11 is 1.77. The minimum Gasteiger partial charge on any atom is -0.472 e. The lowest BCUT2D eigenvalue weighted by atomic mass is 10.3. The van der Waals surface area contributed by atoms with E-state index in [9.17, 15) is 0 Å². The highest BCUT2D eigenvalue weighted by molar-refractivity contribution is 8.14. The molecule has 0 saturated carbocycles. The average Bonchev–Trinajstić information content (AvgIpc) is 2.74. The van der Waals surface area contributed by atoms with Crippen molar-refractivity contribution >= 4 is 16.9 Å². The van der Waals surface area contributed by atoms with Crippen LogP contribution in [0.5, 0.6) is 0 Å². The first-order chi connectivity index (χ1) is 5.95. The number of nitrogens with zero attached hydrogens (tertiary/aromatic N) is 1. The summed E-state index contributed by atoms with van der Waals surface area (Å²) in [4.78, 5) is 4.27. The smallest absolute Gasteiger partial charge is 0.156 e. The van der Waals surface area contributed by atoms with E-state index < -0.39 is 0 Å². The van der Waals surface area contributed by atoms with Gasteiger partial charge in [-0.05, 0) is 6.07 Å². The van der Waals surface area contributed by atoms with E-state index in [-0.39, 0.29) is 0 Å². The monoisotopic (exact) mass is 182 g/mol. The van der Waals surface area contributed by atoms with Gasteiger partial charge in [-0.1, -0.05) is 11.8 Å². The zero-order chi connectivity index (χ0) is 8.23. The molecule has 0 bridgehead atoms. The van der Waals surface area contributed by atoms with Gasteiger partial charge < -0.3 is 9.73 Å². The number of aliphatic imine (C=N–C) groups is 1. The first kappa shape index (κ1) is 7.73. The van der Waals surface area contributed by atoms with Crippen molar-refractivity contribution in [1.82, 2.24) is 5.32 Å². The molecule has 0 aliphatic carbocycles. The van der Waals surface area contributed by atoms with Gasteiger partial charge >= 0.3 is 0 Å². The van der Waals surface area contributed by atoms with Gasteiger partial charge in [0.2, 0.25) is 0 Å². The molecule has 0 saturated heterocycles. The number of rotatable bonds is 2. The number of hydrogen-bond donors (Lipinski definition) is 1. The Morgan fingerprint density at radius 2 is 2.67 bits per heavy atom. The molecule has 0 amide bonds. The Morgan fingerprint density at radius 3 is 3.33 bits per heavy atom. The lowest BCUT2D eigenvalue weighted by Crippen LogP contribution is -2.17. The third kappa shape index (κ3) is 1.82. The van der Waals surface area contributed by atoms with Crippen LogP contribution in [-0.2, 0) is 6.54 Å². The normalized spacial score (nSPS) is 16.2. The highest BCUT2D eigenvalue weighted by Crippen LogP contribution is 2.09. The highest BCUT2D eigenvalue weighted by atomic mass is 32.2. The fourth-order valence-corrected chi connectivity index (χ4v) is 1.75. The zero-order valence-corrected chi connectivity index (χ0v) is 7.43. The summed E-state index contributed by atoms with van der Waals surface area (Å²) in [6.07, 6.45) is 3.42. The largest absolute Gasteiger partial charge is 0.472 e. The Hall–Kier alpha value is -0.900. The van der Waals surface area contributed by atoms with Crippen molar-refractivity contribution in [2.24, 2.45) is 4.99 Å². The molecule has 12 heavy (non-hydrogen) atoms. The number of furan rings is 1. The summed E-state index contributed by atoms with van der Waals surface area (Å²) < 4.78 is 4.94. The van der Waals surface area contributed by atoms with E-state index in [1.807, 2.05) is 6.07 Å². The maximum Gasteiger partial charge on any atom is 0.156 e. The Morgan fingerprint density at radius 1 is 1.67 bits per heavy atom. The van der Waals surface area contributed by atoms with Gasteiger partial charge in [-0.2, -0.15) is 0 Å². The van der Waals surface area contributed by atoms with E-state index in [1.165, 1.54) is 0 Å². The maximum atomic E-state index is 4.94. The number of amidine groups is 1. The van der Waals surface area contributed by atoms with Crippen molar-refractivity contribution in [1.29, 1.82) is 0 Å². The Balaban J connectivity index is 1.82. The molecule has 3 nitrogen and oxygen atoms in total. The van der Waals surface area contributed by atoms with Crippen LogP contribution >= 0.6 is 11.8 Å². The summed E-state index contributed by atoms with van der Waals surface area (Å²) in [7, 11) is 0. The molecule has 2 heterocycles. The predicted molar refractivity (Wildman–Crippen MR) is 50.3 cm³/mol. The van der Waals surface area contributed by atoms with Crippen molar-refractivity contribution in [3.05, 3.63) is 24.2 Å². The van der Waals surface area contributed by atoms with Gasteiger partial charge in [0, 0.05) is 17.9 Å². The minimum atomic E-state index is 0.808. The van der Waals surface area contributed by atoms with Crippen molar-refractivity contribution in [3.8, 4) is 0 Å². The molecule has 0 unspecified atom stereocenters. The molecule has 0 atom stereocenters. The van der Waals surface area contributed by atoms with Crippen LogP contribution in [0, 0.1) is 0 Å². The average molecular weight is 182 g/mol. The van der Waals surface area contributed by atoms with Crippen molar-refractivity contribution in [3.63, 3.8) is 0 Å². The molecule has 0 radical (unpaired) electrons. The summed E-state index contributed by atoms with van der Waals surface area (Å²) in [6, 6.07) is 1.95. The Labute approximate surface area is 75.2 Å². The molecule has 1 aliphatic rings. The Bertz CT molecular complexity index is 269. The molecule has 0 aromatic carbocycles. The molecule has 0 fully saturated rings. The van der Waals surface area contributed by atoms with Gasteiger partial charge in [-0.25, -0.2) is 0 Å². The van der Waals surface area contributed by atoms with Crippen LogP contribution in [-0.4, -0.2) is 17.5 Å². The van der Waals surface area contributed by atoms with Gasteiger partial charge in [-0.15, -0.1) is 0 Å². The molecule has 4 heteroatoms. The molecule has 0 spiro atoms. The molecule has 1 aliphatic heterocycles. The summed E-state index contributed by atoms with van der Waals surface area (Å²) in [5.41, 5.74) is 1.16. The molecule has 1 aromatic rings. The minimum absolute atomic E-state index is 0.808. The van der Waals surface area contributed by atoms with Crippen LogP contribution in [0.4, 0.5) is 0 Å². The van der Waals surface area contributed by atoms with Crippen molar-refractivity contribution < 1.29 is 4.42 Å². The quantitative estimate of drug-likeness (QED) is 0.752. The van der Waals surface area contributed by atoms with Gasteiger partial charge in [0.15, 0.2) is 5.17 Å². The van der Waals surface area contributed by atoms with Gasteiger partial charge in [-0.3, -0.25) is 4.99 Å². The first-order valence-corrected chi connectivity index (χ1v) is 4.86. The SMILES string of the molecule is c1cc(CNC2=NCCS2)co1. The molecular formula is C8H10N2OS. The van der Waals surface area contributed by atoms with Crippen LogP contribution in [0.1, 0.15) is 5.56 Å². The van der Waals surface area contributed by atoms with Gasteiger partial charge in [0.1, 0.15) is 0 Å². The standard InChI is InChI=1S/C8H10N2OS/c1-3-11-6-7(1)5-10-8-9-2-4-12-8/h1,3,6H,2,4-5H2,(H,9,10). The third-order valence-corrected chi connectivity index (χ3v) is 2.54. The van der Waals surface area contributed by atoms with Gasteiger partial charge in [0.05, 0.1) is 19.1 Å². The summed E-state index contributed by atoms with van der Waals surface area (Å²) in [5, 5.41) is 4.29. The van der Waals surface area contributed by atoms with Crippen LogP contribution in [0.15, 0.2) is 28.0 Å². The summed E-state index contributed by atoms with van der Waals surface area (Å²) in [5.74, 6) is 1.10. The number of hydrogen-bond acceptors (Lipinski definition) is 4. The van der Waals surface area contributed by atoms with E-state index in [2.05, 4.69) is 10.3 Å². The van der Waals surface area contributed by atoms with E-state index in [0.29, 0.717) is 0 Å². The second-order valence-corrected chi connectivity index (χ2v) is 3.60. The van der Waals surface area contributed by atoms with Crippen LogP contribution in [0.3, 0.4) is 0 Å². The van der Waals surface area contributed by atoms with E-state index in [4.69, 9.17) is 4.42 Å². The molecule has 64 valence electrons. The first-order valence-electron chi connectivity index (χ1n) is 3.87. The lowest BCUT2D eigenvalue weighted by Gasteiger charge is -2.01. The van der Waals surface area contributed by atoms with E-state index in [0.717, 1.165) is 29.6 Å². The van der Waals surface area contributed by atoms with Crippen LogP contribution in [0.2, 0.25) is 0 Å². The number of nitrogens with one attached hydrogen (secondary N) is 1. The number of thioether (sulfide) groups is 1.